The first-order valence-electron chi connectivity index (χ1n) is 6.25. The van der Waals surface area contributed by atoms with E-state index in [1.807, 2.05) is 0 Å². The third-order valence-electron chi connectivity index (χ3n) is 2.53. The first kappa shape index (κ1) is 17.4. The minimum absolute atomic E-state index is 0.0401. The first-order valence-corrected chi connectivity index (χ1v) is 8.72. The maximum atomic E-state index is 11.6. The summed E-state index contributed by atoms with van der Waals surface area (Å²) in [5, 5.41) is 2.58. The Balaban J connectivity index is 2.38. The number of hydrogen-bond acceptors (Lipinski definition) is 5. The van der Waals surface area contributed by atoms with Gasteiger partial charge >= 0.3 is 0 Å². The fraction of sp³-hybridized carbons (Fsp3) is 0.385. The van der Waals surface area contributed by atoms with E-state index < -0.39 is 9.84 Å². The maximum Gasteiger partial charge on any atom is 0.257 e. The summed E-state index contributed by atoms with van der Waals surface area (Å²) in [5.74, 6) is 0.149. The third kappa shape index (κ3) is 7.05. The van der Waals surface area contributed by atoms with Crippen LogP contribution in [0.4, 0.5) is 0 Å². The number of ether oxygens (including phenoxy) is 1. The average molecular weight is 330 g/mol. The summed E-state index contributed by atoms with van der Waals surface area (Å²) in [6.07, 6.45) is 1.53. The molecule has 0 heterocycles. The number of sulfone groups is 1. The molecule has 8 heteroatoms. The number of rotatable bonds is 8. The molecule has 0 saturated heterocycles. The highest BCUT2D eigenvalue weighted by molar-refractivity contribution is 7.90. The quantitative estimate of drug-likeness (QED) is 0.524. The van der Waals surface area contributed by atoms with Gasteiger partial charge in [0, 0.05) is 12.8 Å². The molecule has 1 aromatic rings. The minimum atomic E-state index is -3.00. The molecule has 116 valence electrons. The molecule has 0 spiro atoms. The molecule has 21 heavy (non-hydrogen) atoms. The van der Waals surface area contributed by atoms with Crippen molar-refractivity contribution in [3.63, 3.8) is 0 Å². The van der Waals surface area contributed by atoms with Gasteiger partial charge < -0.3 is 15.8 Å². The minimum Gasteiger partial charge on any atom is -0.483 e. The van der Waals surface area contributed by atoms with E-state index in [-0.39, 0.29) is 29.8 Å². The summed E-state index contributed by atoms with van der Waals surface area (Å²) in [6, 6.07) is 6.90. The largest absolute Gasteiger partial charge is 0.483 e. The number of amides is 1. The van der Waals surface area contributed by atoms with E-state index in [4.69, 9.17) is 22.7 Å². The van der Waals surface area contributed by atoms with E-state index in [1.165, 1.54) is 0 Å². The number of benzene rings is 1. The molecule has 0 radical (unpaired) electrons. The van der Waals surface area contributed by atoms with E-state index in [1.54, 1.807) is 24.3 Å². The van der Waals surface area contributed by atoms with Crippen LogP contribution >= 0.6 is 12.2 Å². The van der Waals surface area contributed by atoms with Crippen LogP contribution in [0.25, 0.3) is 0 Å². The van der Waals surface area contributed by atoms with Gasteiger partial charge in [0.25, 0.3) is 5.91 Å². The van der Waals surface area contributed by atoms with E-state index in [2.05, 4.69) is 5.32 Å². The molecule has 0 unspecified atom stereocenters. The molecule has 1 aromatic carbocycles. The standard InChI is InChI=1S/C13H18N2O4S2/c1-21(17,18)8-4-7-15-12(16)9-19-11-6-3-2-5-10(11)13(14)20/h2-3,5-6H,4,7-9H2,1H3,(H2,14,20)(H,15,16). The molecule has 0 bridgehead atoms. The fourth-order valence-electron chi connectivity index (χ4n) is 1.55. The van der Waals surface area contributed by atoms with E-state index in [9.17, 15) is 13.2 Å². The molecular weight excluding hydrogens is 312 g/mol. The second-order valence-electron chi connectivity index (χ2n) is 4.48. The lowest BCUT2D eigenvalue weighted by Gasteiger charge is -2.10. The molecule has 0 aliphatic rings. The predicted octanol–water partition coefficient (Wildman–Crippen LogP) is 0.251. The SMILES string of the molecule is CS(=O)(=O)CCCNC(=O)COc1ccccc1C(N)=S. The van der Waals surface area contributed by atoms with Crippen LogP contribution in [0.3, 0.4) is 0 Å². The van der Waals surface area contributed by atoms with Crippen molar-refractivity contribution in [2.45, 2.75) is 6.42 Å². The van der Waals surface area contributed by atoms with Gasteiger partial charge in [0.15, 0.2) is 6.61 Å². The summed E-state index contributed by atoms with van der Waals surface area (Å²) in [7, 11) is -3.00. The van der Waals surface area contributed by atoms with Crippen LogP contribution < -0.4 is 15.8 Å². The van der Waals surface area contributed by atoms with E-state index >= 15 is 0 Å². The zero-order chi connectivity index (χ0) is 15.9. The third-order valence-corrected chi connectivity index (χ3v) is 3.78. The maximum absolute atomic E-state index is 11.6. The van der Waals surface area contributed by atoms with Crippen molar-refractivity contribution >= 4 is 33.0 Å². The number of carbonyl (C=O) groups is 1. The van der Waals surface area contributed by atoms with E-state index in [0.29, 0.717) is 17.7 Å². The second-order valence-corrected chi connectivity index (χ2v) is 7.18. The Labute approximate surface area is 129 Å². The van der Waals surface area contributed by atoms with Gasteiger partial charge in [-0.2, -0.15) is 0 Å². The lowest BCUT2D eigenvalue weighted by molar-refractivity contribution is -0.123. The summed E-state index contributed by atoms with van der Waals surface area (Å²) >= 11 is 4.89. The molecule has 1 amide bonds. The van der Waals surface area contributed by atoms with Gasteiger partial charge in [-0.1, -0.05) is 24.4 Å². The zero-order valence-electron chi connectivity index (χ0n) is 11.7. The van der Waals surface area contributed by atoms with Crippen molar-refractivity contribution in [3.05, 3.63) is 29.8 Å². The van der Waals surface area contributed by atoms with Gasteiger partial charge in [0.05, 0.1) is 11.3 Å². The topological polar surface area (TPSA) is 98.5 Å². The van der Waals surface area contributed by atoms with Gasteiger partial charge in [0.1, 0.15) is 20.6 Å². The lowest BCUT2D eigenvalue weighted by atomic mass is 10.2. The van der Waals surface area contributed by atoms with Gasteiger partial charge in [-0.25, -0.2) is 8.42 Å². The molecule has 0 fully saturated rings. The van der Waals surface area contributed by atoms with Crippen LogP contribution in [-0.4, -0.2) is 44.5 Å². The Morgan fingerprint density at radius 2 is 2.05 bits per heavy atom. The molecule has 0 aliphatic heterocycles. The zero-order valence-corrected chi connectivity index (χ0v) is 13.3. The van der Waals surface area contributed by atoms with Crippen molar-refractivity contribution in [3.8, 4) is 5.75 Å². The predicted molar refractivity (Wildman–Crippen MR) is 85.2 cm³/mol. The Morgan fingerprint density at radius 3 is 2.67 bits per heavy atom. The van der Waals surface area contributed by atoms with Gasteiger partial charge in [-0.05, 0) is 18.6 Å². The van der Waals surface area contributed by atoms with Crippen molar-refractivity contribution in [1.82, 2.24) is 5.32 Å². The lowest BCUT2D eigenvalue weighted by Crippen LogP contribution is -2.30. The number of nitrogens with one attached hydrogen (secondary N) is 1. The number of carbonyl (C=O) groups excluding carboxylic acids is 1. The Morgan fingerprint density at radius 1 is 1.38 bits per heavy atom. The Hall–Kier alpha value is -1.67. The molecule has 3 N–H and O–H groups in total. The summed E-state index contributed by atoms with van der Waals surface area (Å²) < 4.78 is 27.2. The number of nitrogens with two attached hydrogens (primary N) is 1. The normalized spacial score (nSPS) is 10.9. The molecule has 0 aliphatic carbocycles. The highest BCUT2D eigenvalue weighted by Gasteiger charge is 2.08. The van der Waals surface area contributed by atoms with Crippen LogP contribution in [-0.2, 0) is 14.6 Å². The Bertz CT molecular complexity index is 614. The van der Waals surface area contributed by atoms with Crippen LogP contribution in [0, 0.1) is 0 Å². The molecule has 1 rings (SSSR count). The van der Waals surface area contributed by atoms with Crippen LogP contribution in [0.1, 0.15) is 12.0 Å². The monoisotopic (exact) mass is 330 g/mol. The smallest absolute Gasteiger partial charge is 0.257 e. The summed E-state index contributed by atoms with van der Waals surface area (Å²) in [5.41, 5.74) is 6.12. The van der Waals surface area contributed by atoms with Crippen LogP contribution in [0.15, 0.2) is 24.3 Å². The molecule has 0 aromatic heterocycles. The van der Waals surface area contributed by atoms with Crippen molar-refractivity contribution in [1.29, 1.82) is 0 Å². The average Bonchev–Trinajstić information content (AvgIpc) is 2.40. The van der Waals surface area contributed by atoms with Gasteiger partial charge in [0.2, 0.25) is 0 Å². The number of thiocarbonyl (C=S) groups is 1. The molecule has 0 saturated carbocycles. The second kappa shape index (κ2) is 7.94. The fourth-order valence-corrected chi connectivity index (χ4v) is 2.39. The highest BCUT2D eigenvalue weighted by Crippen LogP contribution is 2.17. The Kier molecular flexibility index (Phi) is 6.57. The van der Waals surface area contributed by atoms with Crippen molar-refractivity contribution in [2.75, 3.05) is 25.2 Å². The van der Waals surface area contributed by atoms with Crippen molar-refractivity contribution in [2.24, 2.45) is 5.73 Å². The molecule has 6 nitrogen and oxygen atoms in total. The number of para-hydroxylation sites is 1. The van der Waals surface area contributed by atoms with Crippen molar-refractivity contribution < 1.29 is 17.9 Å². The first-order chi connectivity index (χ1) is 9.79. The summed E-state index contributed by atoms with van der Waals surface area (Å²) in [4.78, 5) is 11.8. The van der Waals surface area contributed by atoms with Crippen LogP contribution in [0.2, 0.25) is 0 Å². The van der Waals surface area contributed by atoms with Gasteiger partial charge in [-0.3, -0.25) is 4.79 Å². The molecule has 0 atom stereocenters. The van der Waals surface area contributed by atoms with Gasteiger partial charge in [-0.15, -0.1) is 0 Å². The van der Waals surface area contributed by atoms with Crippen LogP contribution in [0.5, 0.6) is 5.75 Å². The number of hydrogen-bond donors (Lipinski definition) is 2. The molecular formula is C13H18N2O4S2. The van der Waals surface area contributed by atoms with E-state index in [0.717, 1.165) is 6.26 Å². The highest BCUT2D eigenvalue weighted by atomic mass is 32.2. The summed E-state index contributed by atoms with van der Waals surface area (Å²) in [6.45, 7) is 0.102.